The van der Waals surface area contributed by atoms with Crippen molar-refractivity contribution in [3.63, 3.8) is 0 Å². The molecule has 2 N–H and O–H groups in total. The third-order valence-corrected chi connectivity index (χ3v) is 4.50. The highest BCUT2D eigenvalue weighted by Crippen LogP contribution is 2.31. The van der Waals surface area contributed by atoms with Crippen LogP contribution in [0.25, 0.3) is 0 Å². The molecule has 2 aromatic rings. The molecule has 2 amide bonds. The summed E-state index contributed by atoms with van der Waals surface area (Å²) >= 11 is 0. The van der Waals surface area contributed by atoms with E-state index in [4.69, 9.17) is 4.52 Å². The Balaban J connectivity index is 1.66. The zero-order chi connectivity index (χ0) is 19.6. The summed E-state index contributed by atoms with van der Waals surface area (Å²) in [5.41, 5.74) is 2.06. The predicted octanol–water partition coefficient (Wildman–Crippen LogP) is 3.42. The maximum absolute atomic E-state index is 12.6. The van der Waals surface area contributed by atoms with Gasteiger partial charge in [0.25, 0.3) is 5.91 Å². The number of amides is 2. The van der Waals surface area contributed by atoms with Crippen LogP contribution in [-0.4, -0.2) is 22.0 Å². The van der Waals surface area contributed by atoms with Crippen molar-refractivity contribution in [3.05, 3.63) is 41.0 Å². The van der Waals surface area contributed by atoms with Crippen LogP contribution in [0, 0.1) is 18.8 Å². The molecule has 1 saturated carbocycles. The van der Waals surface area contributed by atoms with Gasteiger partial charge in [-0.3, -0.25) is 9.59 Å². The number of nitrogens with zero attached hydrogens (tertiary/aromatic N) is 2. The molecule has 0 bridgehead atoms. The van der Waals surface area contributed by atoms with Gasteiger partial charge in [0.2, 0.25) is 11.8 Å². The molecule has 1 atom stereocenters. The fourth-order valence-electron chi connectivity index (χ4n) is 2.71. The second-order valence-electron chi connectivity index (χ2n) is 7.64. The van der Waals surface area contributed by atoms with Gasteiger partial charge in [-0.2, -0.15) is 4.98 Å². The monoisotopic (exact) mass is 370 g/mol. The number of carbonyl (C=O) groups is 2. The van der Waals surface area contributed by atoms with E-state index in [1.54, 1.807) is 19.1 Å². The van der Waals surface area contributed by atoms with Gasteiger partial charge in [-0.25, -0.2) is 0 Å². The van der Waals surface area contributed by atoms with Crippen LogP contribution in [-0.2, 0) is 11.2 Å². The van der Waals surface area contributed by atoms with Gasteiger partial charge < -0.3 is 15.2 Å². The van der Waals surface area contributed by atoms with Gasteiger partial charge in [-0.15, -0.1) is 0 Å². The first-order valence-electron chi connectivity index (χ1n) is 9.38. The number of anilines is 1. The van der Waals surface area contributed by atoms with E-state index in [0.717, 1.165) is 24.8 Å². The van der Waals surface area contributed by atoms with Crippen LogP contribution in [0.2, 0.25) is 0 Å². The van der Waals surface area contributed by atoms with Crippen LogP contribution in [0.4, 0.5) is 5.69 Å². The molecule has 7 nitrogen and oxygen atoms in total. The highest BCUT2D eigenvalue weighted by Gasteiger charge is 2.30. The van der Waals surface area contributed by atoms with Gasteiger partial charge in [-0.1, -0.05) is 25.1 Å². The number of aromatic nitrogens is 2. The minimum atomic E-state index is -0.406. The Bertz CT molecular complexity index is 840. The van der Waals surface area contributed by atoms with Crippen molar-refractivity contribution < 1.29 is 14.1 Å². The zero-order valence-electron chi connectivity index (χ0n) is 16.2. The Morgan fingerprint density at radius 1 is 1.26 bits per heavy atom. The Morgan fingerprint density at radius 2 is 2.00 bits per heavy atom. The largest absolute Gasteiger partial charge is 0.341 e. The van der Waals surface area contributed by atoms with E-state index < -0.39 is 6.04 Å². The number of rotatable bonds is 7. The summed E-state index contributed by atoms with van der Waals surface area (Å²) in [5, 5.41) is 9.73. The number of hydrogen-bond acceptors (Lipinski definition) is 5. The number of benzene rings is 1. The van der Waals surface area contributed by atoms with Gasteiger partial charge in [-0.05, 0) is 50.3 Å². The Morgan fingerprint density at radius 3 is 2.67 bits per heavy atom. The van der Waals surface area contributed by atoms with Crippen molar-refractivity contribution >= 4 is 17.5 Å². The van der Waals surface area contributed by atoms with Gasteiger partial charge in [0.15, 0.2) is 5.82 Å². The first kappa shape index (κ1) is 19.1. The second kappa shape index (κ2) is 7.90. The molecule has 1 aliphatic rings. The summed E-state index contributed by atoms with van der Waals surface area (Å²) in [6, 6.07) is 4.87. The van der Waals surface area contributed by atoms with Crippen LogP contribution >= 0.6 is 0 Å². The van der Waals surface area contributed by atoms with Gasteiger partial charge in [0, 0.05) is 23.6 Å². The molecular formula is C20H26N4O3. The lowest BCUT2D eigenvalue weighted by atomic mass is 10.1. The summed E-state index contributed by atoms with van der Waals surface area (Å²) < 4.78 is 5.26. The van der Waals surface area contributed by atoms with Crippen LogP contribution < -0.4 is 10.6 Å². The maximum Gasteiger partial charge on any atom is 0.251 e. The molecule has 1 unspecified atom stereocenters. The normalized spacial score (nSPS) is 14.9. The minimum Gasteiger partial charge on any atom is -0.341 e. The topological polar surface area (TPSA) is 97.1 Å². The fourth-order valence-corrected chi connectivity index (χ4v) is 2.71. The standard InChI is InChI=1S/C20H26N4O3/c1-11(2)9-17-23-20(27-24-17)13(4)21-19(26)15-6-5-12(3)16(10-15)22-18(25)14-7-8-14/h5-6,10-11,13-14H,7-9H2,1-4H3,(H,21,26)(H,22,25). The average Bonchev–Trinajstić information content (AvgIpc) is 3.36. The first-order chi connectivity index (χ1) is 12.8. The molecule has 3 rings (SSSR count). The van der Waals surface area contributed by atoms with Crippen molar-refractivity contribution in [2.24, 2.45) is 11.8 Å². The molecule has 144 valence electrons. The molecule has 7 heteroatoms. The molecule has 0 spiro atoms. The molecule has 27 heavy (non-hydrogen) atoms. The lowest BCUT2D eigenvalue weighted by Gasteiger charge is -2.13. The molecule has 1 aromatic heterocycles. The molecule has 0 aliphatic heterocycles. The smallest absolute Gasteiger partial charge is 0.251 e. The molecule has 1 fully saturated rings. The zero-order valence-corrected chi connectivity index (χ0v) is 16.2. The van der Waals surface area contributed by atoms with Crippen LogP contribution in [0.3, 0.4) is 0 Å². The van der Waals surface area contributed by atoms with Crippen molar-refractivity contribution in [1.29, 1.82) is 0 Å². The number of nitrogens with one attached hydrogen (secondary N) is 2. The third kappa shape index (κ3) is 4.93. The Labute approximate surface area is 158 Å². The summed E-state index contributed by atoms with van der Waals surface area (Å²) in [6.07, 6.45) is 2.60. The highest BCUT2D eigenvalue weighted by molar-refractivity contribution is 5.98. The van der Waals surface area contributed by atoms with E-state index >= 15 is 0 Å². The average molecular weight is 370 g/mol. The molecule has 0 saturated heterocycles. The van der Waals surface area contributed by atoms with E-state index in [2.05, 4.69) is 34.6 Å². The number of aryl methyl sites for hydroxylation is 1. The SMILES string of the molecule is Cc1ccc(C(=O)NC(C)c2nc(CC(C)C)no2)cc1NC(=O)C1CC1. The van der Waals surface area contributed by atoms with E-state index in [0.29, 0.717) is 28.9 Å². The van der Waals surface area contributed by atoms with Crippen molar-refractivity contribution in [3.8, 4) is 0 Å². The highest BCUT2D eigenvalue weighted by atomic mass is 16.5. The van der Waals surface area contributed by atoms with Crippen LogP contribution in [0.5, 0.6) is 0 Å². The van der Waals surface area contributed by atoms with E-state index in [-0.39, 0.29) is 17.7 Å². The van der Waals surface area contributed by atoms with Crippen molar-refractivity contribution in [2.45, 2.75) is 53.0 Å². The summed E-state index contributed by atoms with van der Waals surface area (Å²) in [7, 11) is 0. The Hall–Kier alpha value is -2.70. The quantitative estimate of drug-likeness (QED) is 0.778. The summed E-state index contributed by atoms with van der Waals surface area (Å²) in [4.78, 5) is 29.0. The fraction of sp³-hybridized carbons (Fsp3) is 0.500. The molecule has 0 radical (unpaired) electrons. The van der Waals surface area contributed by atoms with E-state index in [9.17, 15) is 9.59 Å². The maximum atomic E-state index is 12.6. The lowest BCUT2D eigenvalue weighted by molar-refractivity contribution is -0.117. The number of hydrogen-bond donors (Lipinski definition) is 2. The minimum absolute atomic E-state index is 0.0209. The molecule has 1 aromatic carbocycles. The second-order valence-corrected chi connectivity index (χ2v) is 7.64. The summed E-state index contributed by atoms with van der Waals surface area (Å²) in [5.74, 6) is 1.33. The Kier molecular flexibility index (Phi) is 5.58. The van der Waals surface area contributed by atoms with Gasteiger partial charge in [0.05, 0.1) is 0 Å². The van der Waals surface area contributed by atoms with Gasteiger partial charge in [0.1, 0.15) is 6.04 Å². The van der Waals surface area contributed by atoms with Crippen LogP contribution in [0.15, 0.2) is 22.7 Å². The molecule has 1 heterocycles. The molecular weight excluding hydrogens is 344 g/mol. The number of carbonyl (C=O) groups excluding carboxylic acids is 2. The predicted molar refractivity (Wildman–Crippen MR) is 101 cm³/mol. The van der Waals surface area contributed by atoms with Crippen molar-refractivity contribution in [1.82, 2.24) is 15.5 Å². The third-order valence-electron chi connectivity index (χ3n) is 4.50. The first-order valence-corrected chi connectivity index (χ1v) is 9.38. The van der Waals surface area contributed by atoms with E-state index in [1.807, 2.05) is 13.0 Å². The van der Waals surface area contributed by atoms with Crippen LogP contribution in [0.1, 0.15) is 67.3 Å². The lowest BCUT2D eigenvalue weighted by Crippen LogP contribution is -2.27. The van der Waals surface area contributed by atoms with Crippen molar-refractivity contribution in [2.75, 3.05) is 5.32 Å². The molecule has 1 aliphatic carbocycles. The van der Waals surface area contributed by atoms with Gasteiger partial charge >= 0.3 is 0 Å². The summed E-state index contributed by atoms with van der Waals surface area (Å²) in [6.45, 7) is 7.87. The van der Waals surface area contributed by atoms with E-state index in [1.165, 1.54) is 0 Å².